The Morgan fingerprint density at radius 2 is 2.19 bits per heavy atom. The third kappa shape index (κ3) is 6.97. The van der Waals surface area contributed by atoms with Crippen molar-refractivity contribution < 1.29 is 14.4 Å². The van der Waals surface area contributed by atoms with Crippen LogP contribution in [0, 0.1) is 10.1 Å². The predicted octanol–water partition coefficient (Wildman–Crippen LogP) is 2.23. The Kier molecular flexibility index (Phi) is 8.30. The largest absolute Gasteiger partial charge is 0.383 e. The molecule has 0 radical (unpaired) electrons. The summed E-state index contributed by atoms with van der Waals surface area (Å²) in [5, 5.41) is 17.4. The van der Waals surface area contributed by atoms with Gasteiger partial charge in [-0.25, -0.2) is 4.99 Å². The van der Waals surface area contributed by atoms with Crippen LogP contribution in [0.25, 0.3) is 0 Å². The quantitative estimate of drug-likeness (QED) is 0.318. The van der Waals surface area contributed by atoms with Gasteiger partial charge in [-0.15, -0.1) is 0 Å². The third-order valence-electron chi connectivity index (χ3n) is 4.14. The number of nitro benzene ring substituents is 1. The van der Waals surface area contributed by atoms with Crippen molar-refractivity contribution in [1.82, 2.24) is 10.6 Å². The van der Waals surface area contributed by atoms with E-state index < -0.39 is 4.92 Å². The minimum atomic E-state index is -0.405. The summed E-state index contributed by atoms with van der Waals surface area (Å²) < 4.78 is 10.9. The van der Waals surface area contributed by atoms with Crippen LogP contribution in [0.4, 0.5) is 5.69 Å². The molecule has 0 amide bonds. The average molecular weight is 364 g/mol. The third-order valence-corrected chi connectivity index (χ3v) is 4.14. The molecule has 1 aliphatic rings. The number of methoxy groups -OCH3 is 1. The first-order chi connectivity index (χ1) is 12.6. The lowest BCUT2D eigenvalue weighted by atomic mass is 10.1. The number of non-ortho nitro benzene ring substituents is 1. The van der Waals surface area contributed by atoms with E-state index in [1.54, 1.807) is 19.2 Å². The first kappa shape index (κ1) is 20.1. The summed E-state index contributed by atoms with van der Waals surface area (Å²) in [6.45, 7) is 4.53. The highest BCUT2D eigenvalue weighted by atomic mass is 16.6. The molecule has 0 saturated carbocycles. The van der Waals surface area contributed by atoms with E-state index in [0.717, 1.165) is 25.0 Å². The summed E-state index contributed by atoms with van der Waals surface area (Å²) in [4.78, 5) is 14.9. The fraction of sp³-hybridized carbons (Fsp3) is 0.611. The molecule has 1 aromatic carbocycles. The van der Waals surface area contributed by atoms with Crippen molar-refractivity contribution in [3.8, 4) is 0 Å². The highest BCUT2D eigenvalue weighted by Crippen LogP contribution is 2.13. The zero-order valence-corrected chi connectivity index (χ0v) is 15.4. The molecule has 2 unspecified atom stereocenters. The molecule has 1 heterocycles. The van der Waals surface area contributed by atoms with Crippen molar-refractivity contribution in [1.29, 1.82) is 0 Å². The van der Waals surface area contributed by atoms with Crippen LogP contribution in [0.5, 0.6) is 0 Å². The number of nitro groups is 1. The van der Waals surface area contributed by atoms with Crippen LogP contribution in [0.15, 0.2) is 29.3 Å². The van der Waals surface area contributed by atoms with Crippen molar-refractivity contribution in [2.75, 3.05) is 26.9 Å². The van der Waals surface area contributed by atoms with Crippen LogP contribution < -0.4 is 10.6 Å². The van der Waals surface area contributed by atoms with Crippen molar-refractivity contribution in [3.05, 3.63) is 39.9 Å². The van der Waals surface area contributed by atoms with Gasteiger partial charge in [0.15, 0.2) is 5.96 Å². The predicted molar refractivity (Wildman–Crippen MR) is 100 cm³/mol. The van der Waals surface area contributed by atoms with Gasteiger partial charge in [-0.3, -0.25) is 10.1 Å². The van der Waals surface area contributed by atoms with Crippen LogP contribution in [0.2, 0.25) is 0 Å². The highest BCUT2D eigenvalue weighted by Gasteiger charge is 2.15. The van der Waals surface area contributed by atoms with Gasteiger partial charge >= 0.3 is 0 Å². The molecule has 0 bridgehead atoms. The van der Waals surface area contributed by atoms with Gasteiger partial charge < -0.3 is 20.1 Å². The van der Waals surface area contributed by atoms with E-state index >= 15 is 0 Å². The zero-order chi connectivity index (χ0) is 18.8. The van der Waals surface area contributed by atoms with Crippen molar-refractivity contribution in [2.45, 2.75) is 44.9 Å². The van der Waals surface area contributed by atoms with E-state index in [0.29, 0.717) is 25.7 Å². The minimum absolute atomic E-state index is 0.0809. The van der Waals surface area contributed by atoms with Gasteiger partial charge in [0, 0.05) is 38.4 Å². The van der Waals surface area contributed by atoms with E-state index in [4.69, 9.17) is 9.47 Å². The second-order valence-electron chi connectivity index (χ2n) is 6.46. The van der Waals surface area contributed by atoms with Gasteiger partial charge in [-0.1, -0.05) is 12.1 Å². The van der Waals surface area contributed by atoms with Crippen LogP contribution in [-0.2, 0) is 16.0 Å². The van der Waals surface area contributed by atoms with Gasteiger partial charge in [0.2, 0.25) is 0 Å². The Morgan fingerprint density at radius 3 is 2.81 bits per heavy atom. The monoisotopic (exact) mass is 364 g/mol. The van der Waals surface area contributed by atoms with Crippen LogP contribution >= 0.6 is 0 Å². The average Bonchev–Trinajstić information content (AvgIpc) is 2.65. The lowest BCUT2D eigenvalue weighted by Gasteiger charge is -2.24. The van der Waals surface area contributed by atoms with Gasteiger partial charge in [-0.05, 0) is 31.7 Å². The smallest absolute Gasteiger partial charge is 0.269 e. The molecule has 0 spiro atoms. The lowest BCUT2D eigenvalue weighted by Crippen LogP contribution is -2.47. The molecule has 2 rings (SSSR count). The fourth-order valence-electron chi connectivity index (χ4n) is 2.75. The number of nitrogens with zero attached hydrogens (tertiary/aromatic N) is 2. The van der Waals surface area contributed by atoms with Gasteiger partial charge in [0.1, 0.15) is 0 Å². The summed E-state index contributed by atoms with van der Waals surface area (Å²) in [7, 11) is 1.66. The Morgan fingerprint density at radius 1 is 1.42 bits per heavy atom. The molecule has 0 aliphatic carbocycles. The molecule has 1 aromatic rings. The molecule has 2 atom stereocenters. The molecule has 8 heteroatoms. The zero-order valence-electron chi connectivity index (χ0n) is 15.4. The van der Waals surface area contributed by atoms with Gasteiger partial charge in [-0.2, -0.15) is 0 Å². The number of hydrogen-bond acceptors (Lipinski definition) is 5. The Bertz CT molecular complexity index is 585. The molecule has 0 aromatic heterocycles. The second kappa shape index (κ2) is 10.7. The number of benzene rings is 1. The summed E-state index contributed by atoms with van der Waals surface area (Å²) in [6.07, 6.45) is 3.57. The summed E-state index contributed by atoms with van der Waals surface area (Å²) >= 11 is 0. The number of rotatable bonds is 8. The van der Waals surface area contributed by atoms with E-state index in [9.17, 15) is 10.1 Å². The molecule has 2 N–H and O–H groups in total. The number of aliphatic imine (C=N–C) groups is 1. The molecule has 144 valence electrons. The normalized spacial score (nSPS) is 19.0. The topological polar surface area (TPSA) is 98.0 Å². The van der Waals surface area contributed by atoms with Crippen molar-refractivity contribution in [2.24, 2.45) is 4.99 Å². The lowest BCUT2D eigenvalue weighted by molar-refractivity contribution is -0.384. The van der Waals surface area contributed by atoms with E-state index in [1.807, 2.05) is 6.92 Å². The summed E-state index contributed by atoms with van der Waals surface area (Å²) in [6, 6.07) is 6.55. The molecule has 1 saturated heterocycles. The fourth-order valence-corrected chi connectivity index (χ4v) is 2.75. The summed E-state index contributed by atoms with van der Waals surface area (Å²) in [5.74, 6) is 0.682. The van der Waals surface area contributed by atoms with Gasteiger partial charge in [0.25, 0.3) is 5.69 Å². The number of hydrogen-bond donors (Lipinski definition) is 2. The second-order valence-corrected chi connectivity index (χ2v) is 6.46. The molecule has 1 fully saturated rings. The van der Waals surface area contributed by atoms with E-state index in [1.165, 1.54) is 18.6 Å². The standard InChI is InChI=1S/C18H28N4O4/c1-14(13-25-2)21-18(20-12-17-5-3-4-10-26-17)19-11-15-6-8-16(9-7-15)22(23)24/h6-9,14,17H,3-5,10-13H2,1-2H3,(H2,19,20,21). The maximum atomic E-state index is 10.7. The molecule has 26 heavy (non-hydrogen) atoms. The Hall–Kier alpha value is -2.19. The van der Waals surface area contributed by atoms with Crippen molar-refractivity contribution in [3.63, 3.8) is 0 Å². The van der Waals surface area contributed by atoms with E-state index in [2.05, 4.69) is 15.6 Å². The Balaban J connectivity index is 1.95. The SMILES string of the molecule is COCC(C)NC(=NCc1ccc([N+](=O)[O-])cc1)NCC1CCCCO1. The Labute approximate surface area is 154 Å². The maximum absolute atomic E-state index is 10.7. The van der Waals surface area contributed by atoms with Gasteiger partial charge in [0.05, 0.1) is 24.2 Å². The number of guanidine groups is 1. The number of nitrogens with one attached hydrogen (secondary N) is 2. The molecule has 8 nitrogen and oxygen atoms in total. The first-order valence-electron chi connectivity index (χ1n) is 8.97. The van der Waals surface area contributed by atoms with Crippen molar-refractivity contribution >= 4 is 11.6 Å². The highest BCUT2D eigenvalue weighted by molar-refractivity contribution is 5.80. The first-order valence-corrected chi connectivity index (χ1v) is 8.97. The van der Waals surface area contributed by atoms with E-state index in [-0.39, 0.29) is 17.8 Å². The molecular formula is C18H28N4O4. The van der Waals surface area contributed by atoms with Crippen LogP contribution in [0.3, 0.4) is 0 Å². The number of ether oxygens (including phenoxy) is 2. The summed E-state index contributed by atoms with van der Waals surface area (Å²) in [5.41, 5.74) is 0.988. The van der Waals surface area contributed by atoms with Crippen LogP contribution in [-0.4, -0.2) is 49.9 Å². The molecular weight excluding hydrogens is 336 g/mol. The maximum Gasteiger partial charge on any atom is 0.269 e. The minimum Gasteiger partial charge on any atom is -0.383 e. The molecule has 1 aliphatic heterocycles. The van der Waals surface area contributed by atoms with Crippen LogP contribution in [0.1, 0.15) is 31.7 Å².